The van der Waals surface area contributed by atoms with Crippen LogP contribution in [0.3, 0.4) is 0 Å². The summed E-state index contributed by atoms with van der Waals surface area (Å²) in [6.07, 6.45) is 0. The van der Waals surface area contributed by atoms with E-state index in [9.17, 15) is 14.4 Å². The molecule has 0 radical (unpaired) electrons. The monoisotopic (exact) mass is 431 g/mol. The molecule has 1 N–H and O–H groups in total. The Balaban J connectivity index is 1.88. The Morgan fingerprint density at radius 1 is 0.812 bits per heavy atom. The molecule has 0 atom stereocenters. The maximum atomic E-state index is 13.0. The van der Waals surface area contributed by atoms with Gasteiger partial charge in [-0.3, -0.25) is 14.4 Å². The van der Waals surface area contributed by atoms with E-state index < -0.39 is 17.0 Å². The van der Waals surface area contributed by atoms with E-state index in [1.165, 1.54) is 30.3 Å². The molecule has 32 heavy (non-hydrogen) atoms. The summed E-state index contributed by atoms with van der Waals surface area (Å²) >= 11 is 0. The van der Waals surface area contributed by atoms with Crippen LogP contribution in [0.25, 0.3) is 11.0 Å². The third-order valence-electron chi connectivity index (χ3n) is 5.16. The lowest BCUT2D eigenvalue weighted by Crippen LogP contribution is -2.39. The maximum Gasteiger partial charge on any atom is 0.316 e. The summed E-state index contributed by atoms with van der Waals surface area (Å²) < 4.78 is 13.8. The minimum atomic E-state index is -0.668. The predicted octanol–water partition coefficient (Wildman–Crippen LogP) is 3.29. The molecule has 0 saturated heterocycles. The molecule has 162 valence electrons. The standard InChI is InChI=1S/C24H21N3O5/c1-26-18-13-17(25-22(28)16-11-7-8-12-20(16)31-3)21(32-15-9-5-4-6-10-15)14-19(18)27(2)24(30)23(26)29/h4-14H,1-3H3,(H,25,28). The maximum absolute atomic E-state index is 13.0. The van der Waals surface area contributed by atoms with Crippen molar-refractivity contribution >= 4 is 22.6 Å². The fourth-order valence-electron chi connectivity index (χ4n) is 3.42. The van der Waals surface area contributed by atoms with Gasteiger partial charge in [-0.05, 0) is 30.3 Å². The van der Waals surface area contributed by atoms with Gasteiger partial charge in [0.25, 0.3) is 5.91 Å². The molecule has 0 spiro atoms. The third-order valence-corrected chi connectivity index (χ3v) is 5.16. The van der Waals surface area contributed by atoms with Crippen LogP contribution < -0.4 is 25.9 Å². The molecule has 0 fully saturated rings. The second-order valence-corrected chi connectivity index (χ2v) is 7.13. The van der Waals surface area contributed by atoms with Crippen LogP contribution >= 0.6 is 0 Å². The number of hydrogen-bond donors (Lipinski definition) is 1. The van der Waals surface area contributed by atoms with Crippen LogP contribution in [-0.4, -0.2) is 22.2 Å². The van der Waals surface area contributed by atoms with Gasteiger partial charge in [-0.2, -0.15) is 0 Å². The van der Waals surface area contributed by atoms with Gasteiger partial charge in [-0.25, -0.2) is 0 Å². The van der Waals surface area contributed by atoms with Crippen molar-refractivity contribution in [2.75, 3.05) is 12.4 Å². The Morgan fingerprint density at radius 3 is 2.06 bits per heavy atom. The first-order valence-corrected chi connectivity index (χ1v) is 9.81. The molecule has 8 heteroatoms. The van der Waals surface area contributed by atoms with Crippen molar-refractivity contribution in [3.63, 3.8) is 0 Å². The van der Waals surface area contributed by atoms with Crippen LogP contribution in [0.1, 0.15) is 10.4 Å². The minimum absolute atomic E-state index is 0.320. The summed E-state index contributed by atoms with van der Waals surface area (Å²) in [5, 5.41) is 2.85. The van der Waals surface area contributed by atoms with Crippen LogP contribution in [0.5, 0.6) is 17.2 Å². The Hall–Kier alpha value is -4.33. The number of carbonyl (C=O) groups excluding carboxylic acids is 1. The van der Waals surface area contributed by atoms with Crippen molar-refractivity contribution < 1.29 is 14.3 Å². The van der Waals surface area contributed by atoms with E-state index in [1.54, 1.807) is 48.5 Å². The molecule has 0 aliphatic rings. The average molecular weight is 431 g/mol. The second kappa shape index (κ2) is 8.43. The average Bonchev–Trinajstić information content (AvgIpc) is 2.82. The molecule has 4 aromatic rings. The highest BCUT2D eigenvalue weighted by Crippen LogP contribution is 2.34. The number of carbonyl (C=O) groups is 1. The number of amides is 1. The number of aromatic nitrogens is 2. The van der Waals surface area contributed by atoms with Gasteiger partial charge in [0.15, 0.2) is 5.75 Å². The number of nitrogens with one attached hydrogen (secondary N) is 1. The Morgan fingerprint density at radius 2 is 1.41 bits per heavy atom. The van der Waals surface area contributed by atoms with Crippen LogP contribution in [0.2, 0.25) is 0 Å². The first kappa shape index (κ1) is 20.9. The molecule has 4 rings (SSSR count). The van der Waals surface area contributed by atoms with Crippen LogP contribution in [-0.2, 0) is 14.1 Å². The van der Waals surface area contributed by atoms with Gasteiger partial charge < -0.3 is 23.9 Å². The second-order valence-electron chi connectivity index (χ2n) is 7.13. The Labute approximate surface area is 183 Å². The van der Waals surface area contributed by atoms with Crippen molar-refractivity contribution in [3.8, 4) is 17.2 Å². The van der Waals surface area contributed by atoms with Crippen LogP contribution in [0.15, 0.2) is 76.3 Å². The molecule has 0 unspecified atom stereocenters. The molecule has 1 heterocycles. The normalized spacial score (nSPS) is 10.7. The van der Waals surface area contributed by atoms with Gasteiger partial charge in [0.05, 0.1) is 29.4 Å². The lowest BCUT2D eigenvalue weighted by molar-refractivity contribution is 0.102. The first-order valence-electron chi connectivity index (χ1n) is 9.81. The summed E-state index contributed by atoms with van der Waals surface area (Å²) in [4.78, 5) is 37.6. The number of nitrogens with zero attached hydrogens (tertiary/aromatic N) is 2. The number of ether oxygens (including phenoxy) is 2. The number of methoxy groups -OCH3 is 1. The summed E-state index contributed by atoms with van der Waals surface area (Å²) in [5.74, 6) is 0.885. The van der Waals surface area contributed by atoms with E-state index >= 15 is 0 Å². The summed E-state index contributed by atoms with van der Waals surface area (Å²) in [5.41, 5.74) is 0.308. The minimum Gasteiger partial charge on any atom is -0.496 e. The van der Waals surface area contributed by atoms with E-state index in [-0.39, 0.29) is 0 Å². The SMILES string of the molecule is COc1ccccc1C(=O)Nc1cc2c(cc1Oc1ccccc1)n(C)c(=O)c(=O)n2C. The number of rotatable bonds is 5. The molecule has 8 nitrogen and oxygen atoms in total. The largest absolute Gasteiger partial charge is 0.496 e. The Bertz CT molecular complexity index is 1440. The quantitative estimate of drug-likeness (QED) is 0.490. The molecular weight excluding hydrogens is 410 g/mol. The number of hydrogen-bond acceptors (Lipinski definition) is 5. The fourth-order valence-corrected chi connectivity index (χ4v) is 3.42. The van der Waals surface area contributed by atoms with E-state index in [0.29, 0.717) is 39.5 Å². The fraction of sp³-hybridized carbons (Fsp3) is 0.125. The highest BCUT2D eigenvalue weighted by Gasteiger charge is 2.18. The van der Waals surface area contributed by atoms with Gasteiger partial charge in [-0.15, -0.1) is 0 Å². The van der Waals surface area contributed by atoms with Gasteiger partial charge in [0.2, 0.25) is 0 Å². The molecule has 0 aliphatic carbocycles. The topological polar surface area (TPSA) is 91.6 Å². The zero-order chi connectivity index (χ0) is 22.8. The number of fused-ring (bicyclic) bond motifs is 1. The van der Waals surface area contributed by atoms with Gasteiger partial charge in [0.1, 0.15) is 11.5 Å². The van der Waals surface area contributed by atoms with Crippen molar-refractivity contribution in [2.24, 2.45) is 14.1 Å². The molecule has 1 amide bonds. The van der Waals surface area contributed by atoms with E-state index in [2.05, 4.69) is 5.32 Å². The summed E-state index contributed by atoms with van der Waals surface area (Å²) in [6, 6.07) is 19.1. The molecule has 0 saturated carbocycles. The van der Waals surface area contributed by atoms with Crippen molar-refractivity contribution in [2.45, 2.75) is 0 Å². The smallest absolute Gasteiger partial charge is 0.316 e. The molecule has 0 aliphatic heterocycles. The van der Waals surface area contributed by atoms with Crippen molar-refractivity contribution in [1.82, 2.24) is 9.13 Å². The number of anilines is 1. The van der Waals surface area contributed by atoms with E-state index in [4.69, 9.17) is 9.47 Å². The van der Waals surface area contributed by atoms with E-state index in [0.717, 1.165) is 0 Å². The lowest BCUT2D eigenvalue weighted by atomic mass is 10.1. The third kappa shape index (κ3) is 3.74. The summed E-state index contributed by atoms with van der Waals surface area (Å²) in [6.45, 7) is 0. The van der Waals surface area contributed by atoms with Crippen molar-refractivity contribution in [1.29, 1.82) is 0 Å². The molecular formula is C24H21N3O5. The molecule has 1 aromatic heterocycles. The van der Waals surface area contributed by atoms with Gasteiger partial charge in [0, 0.05) is 20.2 Å². The highest BCUT2D eigenvalue weighted by atomic mass is 16.5. The zero-order valence-corrected chi connectivity index (χ0v) is 17.8. The first-order chi connectivity index (χ1) is 15.4. The Kier molecular flexibility index (Phi) is 5.51. The van der Waals surface area contributed by atoms with Crippen LogP contribution in [0, 0.1) is 0 Å². The molecule has 3 aromatic carbocycles. The number of para-hydroxylation sites is 2. The van der Waals surface area contributed by atoms with E-state index in [1.807, 2.05) is 18.2 Å². The number of benzene rings is 3. The van der Waals surface area contributed by atoms with Gasteiger partial charge in [-0.1, -0.05) is 30.3 Å². The predicted molar refractivity (Wildman–Crippen MR) is 122 cm³/mol. The summed E-state index contributed by atoms with van der Waals surface area (Å²) in [7, 11) is 4.52. The van der Waals surface area contributed by atoms with Gasteiger partial charge >= 0.3 is 11.1 Å². The zero-order valence-electron chi connectivity index (χ0n) is 17.8. The van der Waals surface area contributed by atoms with Crippen LogP contribution in [0.4, 0.5) is 5.69 Å². The number of aryl methyl sites for hydroxylation is 2. The lowest BCUT2D eigenvalue weighted by Gasteiger charge is -2.17. The van der Waals surface area contributed by atoms with Crippen molar-refractivity contribution in [3.05, 3.63) is 93.0 Å². The highest BCUT2D eigenvalue weighted by molar-refractivity contribution is 6.07. The molecule has 0 bridgehead atoms.